The second-order valence-electron chi connectivity index (χ2n) is 8.78. The van der Waals surface area contributed by atoms with Gasteiger partial charge in [0.2, 0.25) is 0 Å². The van der Waals surface area contributed by atoms with Gasteiger partial charge in [0.25, 0.3) is 11.8 Å². The van der Waals surface area contributed by atoms with Crippen molar-refractivity contribution >= 4 is 23.3 Å². The summed E-state index contributed by atoms with van der Waals surface area (Å²) in [5.74, 6) is 0.874. The molecule has 1 N–H and O–H groups in total. The molecule has 174 valence electrons. The predicted molar refractivity (Wildman–Crippen MR) is 137 cm³/mol. The monoisotopic (exact) mass is 462 g/mol. The van der Waals surface area contributed by atoms with E-state index in [0.29, 0.717) is 28.6 Å². The molecule has 2 aromatic carbocycles. The zero-order valence-electron chi connectivity index (χ0n) is 19.5. The second-order valence-corrected chi connectivity index (χ2v) is 8.78. The smallest absolute Gasteiger partial charge is 0.264 e. The standard InChI is InChI=1S/C29H26N4O2/c1-20-10-13-22(29(35)33(24-7-3-2-4-8-24)27-9-5-6-16-30-27)17-25(20)26-15-14-23(19-31-26)28(34)32-18-21-11-12-21/h2-10,13-17,19,21H,11-12,18H2,1H3,(H,32,34). The molecule has 1 saturated carbocycles. The number of carbonyl (C=O) groups excluding carboxylic acids is 2. The van der Waals surface area contributed by atoms with E-state index in [1.165, 1.54) is 12.8 Å². The molecule has 2 amide bonds. The highest BCUT2D eigenvalue weighted by atomic mass is 16.2. The van der Waals surface area contributed by atoms with Crippen LogP contribution in [0.15, 0.2) is 91.3 Å². The Kier molecular flexibility index (Phi) is 6.35. The summed E-state index contributed by atoms with van der Waals surface area (Å²) in [6.45, 7) is 2.70. The molecule has 6 nitrogen and oxygen atoms in total. The number of nitrogens with zero attached hydrogens (tertiary/aromatic N) is 3. The molecule has 0 aliphatic heterocycles. The molecule has 0 bridgehead atoms. The Hall–Kier alpha value is -4.32. The van der Waals surface area contributed by atoms with E-state index in [4.69, 9.17) is 0 Å². The van der Waals surface area contributed by atoms with E-state index < -0.39 is 0 Å². The van der Waals surface area contributed by atoms with E-state index in [0.717, 1.165) is 23.4 Å². The highest BCUT2D eigenvalue weighted by Gasteiger charge is 2.23. The van der Waals surface area contributed by atoms with Gasteiger partial charge in [-0.15, -0.1) is 0 Å². The number of pyridine rings is 2. The first kappa shape index (κ1) is 22.5. The minimum absolute atomic E-state index is 0.106. The van der Waals surface area contributed by atoms with Gasteiger partial charge in [-0.25, -0.2) is 4.98 Å². The van der Waals surface area contributed by atoms with Crippen molar-refractivity contribution in [3.63, 3.8) is 0 Å². The zero-order chi connectivity index (χ0) is 24.2. The van der Waals surface area contributed by atoms with Crippen LogP contribution in [0.3, 0.4) is 0 Å². The van der Waals surface area contributed by atoms with Crippen LogP contribution in [0.2, 0.25) is 0 Å². The first-order chi connectivity index (χ1) is 17.1. The first-order valence-electron chi connectivity index (χ1n) is 11.8. The van der Waals surface area contributed by atoms with Gasteiger partial charge in [0.1, 0.15) is 5.82 Å². The van der Waals surface area contributed by atoms with Gasteiger partial charge in [-0.1, -0.05) is 30.3 Å². The molecule has 0 saturated heterocycles. The largest absolute Gasteiger partial charge is 0.352 e. The fraction of sp³-hybridized carbons (Fsp3) is 0.172. The number of aryl methyl sites for hydroxylation is 1. The van der Waals surface area contributed by atoms with E-state index in [-0.39, 0.29) is 11.8 Å². The topological polar surface area (TPSA) is 75.2 Å². The van der Waals surface area contributed by atoms with Gasteiger partial charge in [-0.05, 0) is 79.8 Å². The Balaban J connectivity index is 1.44. The van der Waals surface area contributed by atoms with E-state index in [1.54, 1.807) is 23.4 Å². The molecule has 1 aliphatic rings. The van der Waals surface area contributed by atoms with Gasteiger partial charge >= 0.3 is 0 Å². The van der Waals surface area contributed by atoms with Crippen LogP contribution in [0.1, 0.15) is 39.1 Å². The van der Waals surface area contributed by atoms with Gasteiger partial charge in [-0.2, -0.15) is 0 Å². The normalized spacial score (nSPS) is 12.7. The van der Waals surface area contributed by atoms with E-state index >= 15 is 0 Å². The number of carbonyl (C=O) groups is 2. The molecule has 2 aromatic heterocycles. The maximum absolute atomic E-state index is 13.7. The van der Waals surface area contributed by atoms with Crippen molar-refractivity contribution in [3.8, 4) is 11.3 Å². The minimum Gasteiger partial charge on any atom is -0.352 e. The fourth-order valence-electron chi connectivity index (χ4n) is 3.93. The van der Waals surface area contributed by atoms with Crippen LogP contribution < -0.4 is 10.2 Å². The number of hydrogen-bond acceptors (Lipinski definition) is 4. The molecule has 1 aliphatic carbocycles. The van der Waals surface area contributed by atoms with Gasteiger partial charge < -0.3 is 5.32 Å². The van der Waals surface area contributed by atoms with Gasteiger partial charge in [0.15, 0.2) is 0 Å². The highest BCUT2D eigenvalue weighted by Crippen LogP contribution is 2.29. The molecule has 0 spiro atoms. The summed E-state index contributed by atoms with van der Waals surface area (Å²) in [6, 6.07) is 24.2. The number of anilines is 2. The van der Waals surface area contributed by atoms with Crippen LogP contribution in [-0.4, -0.2) is 28.3 Å². The summed E-state index contributed by atoms with van der Waals surface area (Å²) >= 11 is 0. The van der Waals surface area contributed by atoms with Gasteiger partial charge in [0, 0.05) is 30.1 Å². The van der Waals surface area contributed by atoms with E-state index in [9.17, 15) is 9.59 Å². The van der Waals surface area contributed by atoms with Crippen LogP contribution in [0.4, 0.5) is 11.5 Å². The summed E-state index contributed by atoms with van der Waals surface area (Å²) < 4.78 is 0. The lowest BCUT2D eigenvalue weighted by Crippen LogP contribution is -2.26. The summed E-state index contributed by atoms with van der Waals surface area (Å²) in [7, 11) is 0. The summed E-state index contributed by atoms with van der Waals surface area (Å²) in [6.07, 6.45) is 5.64. The number of para-hydroxylation sites is 1. The molecule has 0 radical (unpaired) electrons. The SMILES string of the molecule is Cc1ccc(C(=O)N(c2ccccc2)c2ccccn2)cc1-c1ccc(C(=O)NCC2CC2)cn1. The van der Waals surface area contributed by atoms with Gasteiger partial charge in [0.05, 0.1) is 16.9 Å². The summed E-state index contributed by atoms with van der Waals surface area (Å²) in [5.41, 5.74) is 4.33. The number of benzene rings is 2. The Morgan fingerprint density at radius 3 is 2.37 bits per heavy atom. The van der Waals surface area contributed by atoms with Crippen LogP contribution in [0.25, 0.3) is 11.3 Å². The molecule has 6 heteroatoms. The van der Waals surface area contributed by atoms with Crippen LogP contribution in [0, 0.1) is 12.8 Å². The quantitative estimate of drug-likeness (QED) is 0.390. The summed E-state index contributed by atoms with van der Waals surface area (Å²) in [4.78, 5) is 36.7. The lowest BCUT2D eigenvalue weighted by Gasteiger charge is -2.22. The van der Waals surface area contributed by atoms with Crippen LogP contribution >= 0.6 is 0 Å². The van der Waals surface area contributed by atoms with Crippen molar-refractivity contribution < 1.29 is 9.59 Å². The molecule has 1 fully saturated rings. The molecule has 5 rings (SSSR count). The zero-order valence-corrected chi connectivity index (χ0v) is 19.5. The number of aromatic nitrogens is 2. The first-order valence-corrected chi connectivity index (χ1v) is 11.8. The molecular formula is C29H26N4O2. The molecule has 0 atom stereocenters. The Morgan fingerprint density at radius 1 is 0.914 bits per heavy atom. The number of nitrogens with one attached hydrogen (secondary N) is 1. The third-order valence-electron chi connectivity index (χ3n) is 6.13. The van der Waals surface area contributed by atoms with Crippen molar-refractivity contribution in [1.82, 2.24) is 15.3 Å². The lowest BCUT2D eigenvalue weighted by molar-refractivity contribution is 0.0950. The molecule has 4 aromatic rings. The molecule has 0 unspecified atom stereocenters. The third kappa shape index (κ3) is 5.11. The average molecular weight is 463 g/mol. The van der Waals surface area contributed by atoms with Crippen molar-refractivity contribution in [2.45, 2.75) is 19.8 Å². The maximum atomic E-state index is 13.7. The molecule has 2 heterocycles. The molecular weight excluding hydrogens is 436 g/mol. The maximum Gasteiger partial charge on any atom is 0.264 e. The Morgan fingerprint density at radius 2 is 1.69 bits per heavy atom. The van der Waals surface area contributed by atoms with Gasteiger partial charge in [-0.3, -0.25) is 19.5 Å². The van der Waals surface area contributed by atoms with E-state index in [2.05, 4.69) is 15.3 Å². The predicted octanol–water partition coefficient (Wildman–Crippen LogP) is 5.57. The minimum atomic E-state index is -0.188. The lowest BCUT2D eigenvalue weighted by atomic mass is 10.0. The van der Waals surface area contributed by atoms with Crippen molar-refractivity contribution in [2.24, 2.45) is 5.92 Å². The second kappa shape index (κ2) is 9.89. The molecule has 35 heavy (non-hydrogen) atoms. The van der Waals surface area contributed by atoms with Crippen LogP contribution in [0.5, 0.6) is 0 Å². The van der Waals surface area contributed by atoms with Crippen molar-refractivity contribution in [1.29, 1.82) is 0 Å². The van der Waals surface area contributed by atoms with E-state index in [1.807, 2.05) is 79.7 Å². The third-order valence-corrected chi connectivity index (χ3v) is 6.13. The van der Waals surface area contributed by atoms with Crippen molar-refractivity contribution in [3.05, 3.63) is 108 Å². The van der Waals surface area contributed by atoms with Crippen molar-refractivity contribution in [2.75, 3.05) is 11.4 Å². The number of hydrogen-bond donors (Lipinski definition) is 1. The number of rotatable bonds is 7. The van der Waals surface area contributed by atoms with Crippen LogP contribution in [-0.2, 0) is 0 Å². The number of amides is 2. The average Bonchev–Trinajstić information content (AvgIpc) is 3.74. The highest BCUT2D eigenvalue weighted by molar-refractivity contribution is 6.10. The summed E-state index contributed by atoms with van der Waals surface area (Å²) in [5, 5.41) is 2.96. The Bertz CT molecular complexity index is 1290. The Labute approximate surface area is 204 Å². The fourth-order valence-corrected chi connectivity index (χ4v) is 3.93.